The molecular formula is C22H18N2O3. The van der Waals surface area contributed by atoms with Crippen molar-refractivity contribution in [1.82, 2.24) is 0 Å². The summed E-state index contributed by atoms with van der Waals surface area (Å²) in [6.45, 7) is 0. The number of carbonyl (C=O) groups excluding carboxylic acids is 1. The number of hydrogen-bond donors (Lipinski definition) is 1. The minimum atomic E-state index is -0.454. The van der Waals surface area contributed by atoms with E-state index in [1.807, 2.05) is 54.6 Å². The van der Waals surface area contributed by atoms with Gasteiger partial charge in [0, 0.05) is 23.9 Å². The van der Waals surface area contributed by atoms with E-state index in [-0.39, 0.29) is 11.6 Å². The summed E-state index contributed by atoms with van der Waals surface area (Å²) in [5, 5.41) is 13.6. The molecule has 134 valence electrons. The fourth-order valence-electron chi connectivity index (χ4n) is 2.67. The van der Waals surface area contributed by atoms with Gasteiger partial charge in [-0.15, -0.1) is 0 Å². The fraction of sp³-hybridized carbons (Fsp3) is 0.0455. The lowest BCUT2D eigenvalue weighted by molar-refractivity contribution is -0.384. The Kier molecular flexibility index (Phi) is 5.74. The van der Waals surface area contributed by atoms with E-state index in [4.69, 9.17) is 0 Å². The summed E-state index contributed by atoms with van der Waals surface area (Å²) in [7, 11) is 0. The lowest BCUT2D eigenvalue weighted by Gasteiger charge is -2.10. The Hall–Kier alpha value is -3.73. The first-order chi connectivity index (χ1) is 13.1. The number of nitro groups is 1. The highest BCUT2D eigenvalue weighted by Crippen LogP contribution is 2.19. The van der Waals surface area contributed by atoms with Crippen molar-refractivity contribution in [3.05, 3.63) is 112 Å². The number of nitrogens with zero attached hydrogens (tertiary/aromatic N) is 1. The predicted molar refractivity (Wildman–Crippen MR) is 106 cm³/mol. The number of amides is 1. The molecule has 0 saturated heterocycles. The standard InChI is InChI=1S/C22H18N2O3/c25-22(15-12-17-10-13-20(14-11-17)24(26)27)23-21-9-5-4-8-19(21)16-18-6-2-1-3-7-18/h1-15H,16H2,(H,23,25). The Balaban J connectivity index is 1.68. The first kappa shape index (κ1) is 18.1. The number of nitro benzene ring substituents is 1. The van der Waals surface area contributed by atoms with E-state index in [0.29, 0.717) is 5.56 Å². The van der Waals surface area contributed by atoms with Crippen LogP contribution in [0.2, 0.25) is 0 Å². The molecule has 5 heteroatoms. The highest BCUT2D eigenvalue weighted by Gasteiger charge is 2.06. The molecule has 0 unspecified atom stereocenters. The molecule has 0 bridgehead atoms. The summed E-state index contributed by atoms with van der Waals surface area (Å²) in [5.41, 5.74) is 3.70. The number of nitrogens with one attached hydrogen (secondary N) is 1. The van der Waals surface area contributed by atoms with E-state index < -0.39 is 4.92 Å². The van der Waals surface area contributed by atoms with Gasteiger partial charge in [0.05, 0.1) is 4.92 Å². The first-order valence-corrected chi connectivity index (χ1v) is 8.47. The normalized spacial score (nSPS) is 10.7. The second kappa shape index (κ2) is 8.58. The monoisotopic (exact) mass is 358 g/mol. The minimum absolute atomic E-state index is 0.0199. The Labute approximate surface area is 157 Å². The number of rotatable bonds is 6. The molecule has 0 aliphatic carbocycles. The molecule has 0 saturated carbocycles. The summed E-state index contributed by atoms with van der Waals surface area (Å²) < 4.78 is 0. The van der Waals surface area contributed by atoms with Crippen LogP contribution >= 0.6 is 0 Å². The smallest absolute Gasteiger partial charge is 0.269 e. The Morgan fingerprint density at radius 3 is 2.30 bits per heavy atom. The summed E-state index contributed by atoms with van der Waals surface area (Å²) in [6, 6.07) is 23.8. The van der Waals surface area contributed by atoms with E-state index in [0.717, 1.165) is 17.7 Å². The van der Waals surface area contributed by atoms with Crippen molar-refractivity contribution >= 4 is 23.4 Å². The third kappa shape index (κ3) is 5.12. The molecule has 0 aromatic heterocycles. The minimum Gasteiger partial charge on any atom is -0.322 e. The molecular weight excluding hydrogens is 340 g/mol. The number of anilines is 1. The van der Waals surface area contributed by atoms with Crippen LogP contribution in [0, 0.1) is 10.1 Å². The van der Waals surface area contributed by atoms with Gasteiger partial charge in [-0.05, 0) is 47.4 Å². The zero-order valence-electron chi connectivity index (χ0n) is 14.5. The Morgan fingerprint density at radius 2 is 1.59 bits per heavy atom. The molecule has 3 aromatic carbocycles. The van der Waals surface area contributed by atoms with Gasteiger partial charge in [-0.2, -0.15) is 0 Å². The largest absolute Gasteiger partial charge is 0.322 e. The van der Waals surface area contributed by atoms with Gasteiger partial charge < -0.3 is 5.32 Å². The predicted octanol–water partition coefficient (Wildman–Crippen LogP) is 4.84. The van der Waals surface area contributed by atoms with Gasteiger partial charge >= 0.3 is 0 Å². The molecule has 0 aliphatic rings. The molecule has 0 spiro atoms. The van der Waals surface area contributed by atoms with E-state index in [1.54, 1.807) is 18.2 Å². The second-order valence-corrected chi connectivity index (χ2v) is 5.99. The average Bonchev–Trinajstić information content (AvgIpc) is 2.69. The van der Waals surface area contributed by atoms with Crippen molar-refractivity contribution in [3.63, 3.8) is 0 Å². The van der Waals surface area contributed by atoms with Crippen molar-refractivity contribution in [2.75, 3.05) is 5.32 Å². The number of carbonyl (C=O) groups is 1. The number of para-hydroxylation sites is 1. The molecule has 0 radical (unpaired) electrons. The van der Waals surface area contributed by atoms with Crippen molar-refractivity contribution in [2.24, 2.45) is 0 Å². The van der Waals surface area contributed by atoms with Crippen LogP contribution in [-0.2, 0) is 11.2 Å². The van der Waals surface area contributed by atoms with Crippen molar-refractivity contribution in [3.8, 4) is 0 Å². The Morgan fingerprint density at radius 1 is 0.926 bits per heavy atom. The van der Waals surface area contributed by atoms with Crippen LogP contribution in [-0.4, -0.2) is 10.8 Å². The van der Waals surface area contributed by atoms with Crippen LogP contribution < -0.4 is 5.32 Å². The maximum absolute atomic E-state index is 12.3. The van der Waals surface area contributed by atoms with E-state index in [2.05, 4.69) is 5.32 Å². The van der Waals surface area contributed by atoms with Gasteiger partial charge in [-0.3, -0.25) is 14.9 Å². The van der Waals surface area contributed by atoms with Gasteiger partial charge in [0.25, 0.3) is 5.69 Å². The van der Waals surface area contributed by atoms with Crippen LogP contribution in [0.15, 0.2) is 84.9 Å². The molecule has 1 amide bonds. The van der Waals surface area contributed by atoms with Crippen LogP contribution in [0.4, 0.5) is 11.4 Å². The molecule has 0 fully saturated rings. The lowest BCUT2D eigenvalue weighted by atomic mass is 10.0. The zero-order valence-corrected chi connectivity index (χ0v) is 14.5. The van der Waals surface area contributed by atoms with E-state index in [9.17, 15) is 14.9 Å². The maximum Gasteiger partial charge on any atom is 0.269 e. The van der Waals surface area contributed by atoms with Crippen molar-refractivity contribution < 1.29 is 9.72 Å². The third-order valence-electron chi connectivity index (χ3n) is 4.04. The summed E-state index contributed by atoms with van der Waals surface area (Å²) in [6.07, 6.45) is 3.77. The quantitative estimate of drug-likeness (QED) is 0.389. The van der Waals surface area contributed by atoms with Gasteiger partial charge in [0.2, 0.25) is 5.91 Å². The van der Waals surface area contributed by atoms with Crippen molar-refractivity contribution in [1.29, 1.82) is 0 Å². The second-order valence-electron chi connectivity index (χ2n) is 5.99. The first-order valence-electron chi connectivity index (χ1n) is 8.47. The molecule has 3 aromatic rings. The molecule has 0 heterocycles. The average molecular weight is 358 g/mol. The van der Waals surface area contributed by atoms with Gasteiger partial charge in [0.15, 0.2) is 0 Å². The van der Waals surface area contributed by atoms with Crippen LogP contribution in [0.1, 0.15) is 16.7 Å². The third-order valence-corrected chi connectivity index (χ3v) is 4.04. The summed E-state index contributed by atoms with van der Waals surface area (Å²) in [5.74, 6) is -0.256. The topological polar surface area (TPSA) is 72.2 Å². The number of non-ortho nitro benzene ring substituents is 1. The van der Waals surface area contributed by atoms with Crippen LogP contribution in [0.5, 0.6) is 0 Å². The molecule has 0 aliphatic heterocycles. The molecule has 1 N–H and O–H groups in total. The molecule has 3 rings (SSSR count). The number of hydrogen-bond acceptors (Lipinski definition) is 3. The van der Waals surface area contributed by atoms with E-state index in [1.165, 1.54) is 23.8 Å². The summed E-state index contributed by atoms with van der Waals surface area (Å²) >= 11 is 0. The SMILES string of the molecule is O=C(C=Cc1ccc([N+](=O)[O-])cc1)Nc1ccccc1Cc1ccccc1. The fourth-order valence-corrected chi connectivity index (χ4v) is 2.67. The molecule has 27 heavy (non-hydrogen) atoms. The zero-order chi connectivity index (χ0) is 19.1. The lowest BCUT2D eigenvalue weighted by Crippen LogP contribution is -2.10. The van der Waals surface area contributed by atoms with Gasteiger partial charge in [0.1, 0.15) is 0 Å². The Bertz CT molecular complexity index is 964. The van der Waals surface area contributed by atoms with Crippen LogP contribution in [0.25, 0.3) is 6.08 Å². The number of benzene rings is 3. The van der Waals surface area contributed by atoms with Gasteiger partial charge in [-0.1, -0.05) is 48.5 Å². The van der Waals surface area contributed by atoms with Gasteiger partial charge in [-0.25, -0.2) is 0 Å². The maximum atomic E-state index is 12.3. The summed E-state index contributed by atoms with van der Waals surface area (Å²) in [4.78, 5) is 22.5. The molecule has 5 nitrogen and oxygen atoms in total. The van der Waals surface area contributed by atoms with Crippen molar-refractivity contribution in [2.45, 2.75) is 6.42 Å². The van der Waals surface area contributed by atoms with Crippen LogP contribution in [0.3, 0.4) is 0 Å². The van der Waals surface area contributed by atoms with E-state index >= 15 is 0 Å². The molecule has 0 atom stereocenters. The highest BCUT2D eigenvalue weighted by molar-refractivity contribution is 6.02. The highest BCUT2D eigenvalue weighted by atomic mass is 16.6.